The molecule has 0 fully saturated rings. The second-order valence-electron chi connectivity index (χ2n) is 19.9. The molecule has 2 heterocycles. The maximum absolute atomic E-state index is 12.2. The number of rotatable bonds is 24. The highest BCUT2D eigenvalue weighted by Crippen LogP contribution is 2.52. The first-order chi connectivity index (χ1) is 36.2. The van der Waals surface area contributed by atoms with Crippen LogP contribution < -0.4 is 4.90 Å². The zero-order valence-corrected chi connectivity index (χ0v) is 46.5. The van der Waals surface area contributed by atoms with E-state index < -0.39 is 37.0 Å². The van der Waals surface area contributed by atoms with Crippen LogP contribution in [0.15, 0.2) is 146 Å². The van der Waals surface area contributed by atoms with Gasteiger partial charge in [0.25, 0.3) is 20.2 Å². The molecule has 5 N–H and O–H groups in total. The zero-order chi connectivity index (χ0) is 54.4. The quantitative estimate of drug-likeness (QED) is 0.00966. The van der Waals surface area contributed by atoms with E-state index in [2.05, 4.69) is 82.0 Å². The predicted molar refractivity (Wildman–Crippen MR) is 298 cm³/mol. The van der Waals surface area contributed by atoms with Gasteiger partial charge in [0.1, 0.15) is 6.54 Å². The van der Waals surface area contributed by atoms with Crippen molar-refractivity contribution in [1.82, 2.24) is 0 Å². The SMILES string of the molecule is CC1(C)C(/C=C/C2=C(Sc3ccc(CCC(=O)O)cc3)C(=C/C=C3/N(CCCCSOOO)c4ccc5cc(S(=O)(=O)O)ccc5c4C3(C)C)/CCC2)=[N+](CCCCS(=O)(=O)O)c2ccc3cc(SOOO)ccc3c21. The number of carboxylic acid groups (broad SMARTS) is 1. The third kappa shape index (κ3) is 13.2. The molecule has 0 bridgehead atoms. The van der Waals surface area contributed by atoms with Crippen molar-refractivity contribution in [2.45, 2.75) is 111 Å². The number of unbranched alkanes of at least 4 members (excludes halogenated alkanes) is 2. The van der Waals surface area contributed by atoms with E-state index in [1.54, 1.807) is 17.8 Å². The lowest BCUT2D eigenvalue weighted by Gasteiger charge is -2.28. The number of anilines is 1. The second kappa shape index (κ2) is 24.4. The maximum atomic E-state index is 12.2. The van der Waals surface area contributed by atoms with Crippen LogP contribution in [0, 0.1) is 0 Å². The summed E-state index contributed by atoms with van der Waals surface area (Å²) in [5, 5.41) is 38.0. The number of nitrogens with zero attached hydrogens (tertiary/aromatic N) is 2. The standard InChI is InChI=1S/C55H60N2O14S5/c1-54(2)49(57(31-6-8-33-75(62,63)64)46-25-15-39-34-42(74-71-69-61)21-23-44(39)51(46)54)28-18-38-11-9-10-37(53(38)73-41-19-12-36(13-20-41)14-29-50(58)59)17-27-48-55(3,4)52-45-24-22-43(76(65,66)67)35-40(45)16-26-47(52)56(48)30-5-7-32-72-70-68-60/h12-13,15-28,34-35H,5-11,14,29-33H2,1-4H3,(H4-,58,59,60,61,62,63,64,65,66,67)/p+1. The molecular formula is C55H61N2O14S5+. The van der Waals surface area contributed by atoms with E-state index in [9.17, 15) is 35.8 Å². The molecule has 5 aromatic rings. The molecule has 0 spiro atoms. The van der Waals surface area contributed by atoms with Crippen molar-refractivity contribution in [2.24, 2.45) is 0 Å². The number of carbonyl (C=O) groups is 1. The molecule has 0 unspecified atom stereocenters. The van der Waals surface area contributed by atoms with Crippen LogP contribution in [-0.2, 0) is 61.0 Å². The summed E-state index contributed by atoms with van der Waals surface area (Å²) in [6, 6.07) is 26.6. The van der Waals surface area contributed by atoms with Crippen LogP contribution in [-0.4, -0.2) is 82.4 Å². The van der Waals surface area contributed by atoms with Crippen LogP contribution in [0.5, 0.6) is 0 Å². The number of allylic oxidation sites excluding steroid dienone is 7. The molecule has 5 aromatic carbocycles. The first-order valence-electron chi connectivity index (χ1n) is 24.8. The minimum Gasteiger partial charge on any atom is -0.481 e. The lowest BCUT2D eigenvalue weighted by Crippen LogP contribution is -2.28. The Kier molecular flexibility index (Phi) is 18.4. The van der Waals surface area contributed by atoms with Crippen LogP contribution in [0.2, 0.25) is 0 Å². The zero-order valence-electron chi connectivity index (χ0n) is 42.4. The van der Waals surface area contributed by atoms with Crippen molar-refractivity contribution in [3.05, 3.63) is 148 Å². The predicted octanol–water partition coefficient (Wildman–Crippen LogP) is 13.0. The number of aryl methyl sites for hydroxylation is 1. The van der Waals surface area contributed by atoms with Crippen molar-refractivity contribution in [3.8, 4) is 0 Å². The Hall–Kier alpha value is -4.85. The van der Waals surface area contributed by atoms with Gasteiger partial charge in [0.05, 0.1) is 28.1 Å². The number of hydrogen-bond acceptors (Lipinski definition) is 15. The Morgan fingerprint density at radius 2 is 1.47 bits per heavy atom. The van der Waals surface area contributed by atoms with E-state index in [4.69, 9.17) is 14.8 Å². The third-order valence-electron chi connectivity index (χ3n) is 14.2. The molecule has 0 saturated carbocycles. The van der Waals surface area contributed by atoms with E-state index in [1.165, 1.54) is 12.1 Å². The molecule has 0 saturated heterocycles. The summed E-state index contributed by atoms with van der Waals surface area (Å²) in [6.07, 6.45) is 14.0. The molecule has 0 atom stereocenters. The molecule has 0 aromatic heterocycles. The first-order valence-corrected chi connectivity index (χ1v) is 30.3. The van der Waals surface area contributed by atoms with Crippen LogP contribution >= 0.6 is 35.8 Å². The van der Waals surface area contributed by atoms with Crippen molar-refractivity contribution in [2.75, 3.05) is 29.5 Å². The van der Waals surface area contributed by atoms with Crippen molar-refractivity contribution in [1.29, 1.82) is 0 Å². The fraction of sp³-hybridized carbons (Fsp3) is 0.345. The van der Waals surface area contributed by atoms with Gasteiger partial charge in [-0.3, -0.25) is 13.9 Å². The molecule has 0 radical (unpaired) electrons. The molecule has 1 aliphatic carbocycles. The molecule has 0 amide bonds. The number of benzene rings is 5. The maximum Gasteiger partial charge on any atom is 0.303 e. The van der Waals surface area contributed by atoms with Crippen molar-refractivity contribution >= 4 is 101 Å². The molecule has 8 rings (SSSR count). The Bertz CT molecular complexity index is 3400. The summed E-state index contributed by atoms with van der Waals surface area (Å²) < 4.78 is 79.0. The minimum absolute atomic E-state index is 0.0281. The summed E-state index contributed by atoms with van der Waals surface area (Å²) in [6.45, 7) is 9.83. The van der Waals surface area contributed by atoms with Gasteiger partial charge < -0.3 is 10.0 Å². The average molecular weight is 1130 g/mol. The Labute approximate surface area is 455 Å². The lowest BCUT2D eigenvalue weighted by atomic mass is 9.78. The summed E-state index contributed by atoms with van der Waals surface area (Å²) in [4.78, 5) is 16.3. The fourth-order valence-electron chi connectivity index (χ4n) is 10.7. The number of hydrogen-bond donors (Lipinski definition) is 5. The Balaban J connectivity index is 1.23. The second-order valence-corrected chi connectivity index (χ2v) is 25.5. The number of thioether (sulfide) groups is 1. The van der Waals surface area contributed by atoms with Gasteiger partial charge in [-0.05, 0) is 157 Å². The molecule has 2 aliphatic heterocycles. The minimum atomic E-state index is -4.44. The van der Waals surface area contributed by atoms with Crippen LogP contribution in [0.1, 0.15) is 95.8 Å². The smallest absolute Gasteiger partial charge is 0.303 e. The normalized spacial score (nSPS) is 17.6. The van der Waals surface area contributed by atoms with Gasteiger partial charge in [-0.15, -0.1) is 8.67 Å². The number of fused-ring (bicyclic) bond motifs is 6. The van der Waals surface area contributed by atoms with E-state index in [-0.39, 0.29) is 23.5 Å². The van der Waals surface area contributed by atoms with Gasteiger partial charge in [0.15, 0.2) is 5.71 Å². The summed E-state index contributed by atoms with van der Waals surface area (Å²) in [5.41, 5.74) is 8.23. The average Bonchev–Trinajstić information content (AvgIpc) is 3.77. The van der Waals surface area contributed by atoms with Crippen molar-refractivity contribution < 1.29 is 69.7 Å². The fourth-order valence-corrected chi connectivity index (χ4v) is 13.8. The van der Waals surface area contributed by atoms with Gasteiger partial charge in [0, 0.05) is 86.4 Å². The Morgan fingerprint density at radius 1 is 0.763 bits per heavy atom. The first kappa shape index (κ1) is 57.3. The van der Waals surface area contributed by atoms with E-state index in [1.807, 2.05) is 60.7 Å². The van der Waals surface area contributed by atoms with Gasteiger partial charge >= 0.3 is 5.97 Å². The Morgan fingerprint density at radius 3 is 2.20 bits per heavy atom. The van der Waals surface area contributed by atoms with E-state index in [0.717, 1.165) is 138 Å². The third-order valence-corrected chi connectivity index (χ3v) is 18.3. The highest BCUT2D eigenvalue weighted by molar-refractivity contribution is 8.03. The van der Waals surface area contributed by atoms with Crippen LogP contribution in [0.4, 0.5) is 11.4 Å². The van der Waals surface area contributed by atoms with Crippen molar-refractivity contribution in [3.63, 3.8) is 0 Å². The largest absolute Gasteiger partial charge is 0.481 e. The molecule has 404 valence electrons. The molecule has 76 heavy (non-hydrogen) atoms. The van der Waals surface area contributed by atoms with Gasteiger partial charge in [-0.2, -0.15) is 21.4 Å². The van der Waals surface area contributed by atoms with Gasteiger partial charge in [0.2, 0.25) is 5.69 Å². The lowest BCUT2D eigenvalue weighted by molar-refractivity contribution is -0.438. The molecule has 3 aliphatic rings. The summed E-state index contributed by atoms with van der Waals surface area (Å²) in [7, 11) is -8.58. The highest BCUT2D eigenvalue weighted by atomic mass is 32.2. The number of aliphatic carboxylic acids is 1. The highest BCUT2D eigenvalue weighted by Gasteiger charge is 2.46. The van der Waals surface area contributed by atoms with E-state index >= 15 is 0 Å². The van der Waals surface area contributed by atoms with Crippen LogP contribution in [0.25, 0.3) is 21.5 Å². The van der Waals surface area contributed by atoms with Gasteiger partial charge in [-0.25, -0.2) is 10.5 Å². The van der Waals surface area contributed by atoms with E-state index in [0.29, 0.717) is 37.1 Å². The summed E-state index contributed by atoms with van der Waals surface area (Å²) in [5.74, 6) is -0.622. The van der Waals surface area contributed by atoms with Gasteiger partial charge in [-0.1, -0.05) is 78.2 Å². The molecular weight excluding hydrogens is 1070 g/mol. The molecule has 21 heteroatoms. The topological polar surface area (TPSA) is 230 Å². The van der Waals surface area contributed by atoms with Crippen LogP contribution in [0.3, 0.4) is 0 Å². The molecule has 16 nitrogen and oxygen atoms in total. The monoisotopic (exact) mass is 1130 g/mol. The number of carboxylic acids is 1. The summed E-state index contributed by atoms with van der Waals surface area (Å²) >= 11 is 3.55.